The Kier molecular flexibility index (Phi) is 3.73. The summed E-state index contributed by atoms with van der Waals surface area (Å²) in [7, 11) is 0. The third-order valence-corrected chi connectivity index (χ3v) is 3.24. The van der Waals surface area contributed by atoms with Crippen molar-refractivity contribution in [1.29, 1.82) is 5.26 Å². The molecule has 3 nitrogen and oxygen atoms in total. The zero-order valence-corrected chi connectivity index (χ0v) is 11.1. The van der Waals surface area contributed by atoms with Crippen molar-refractivity contribution in [2.75, 3.05) is 0 Å². The van der Waals surface area contributed by atoms with E-state index in [2.05, 4.69) is 5.10 Å². The quantitative estimate of drug-likeness (QED) is 0.846. The molecular weight excluding hydrogens is 291 g/mol. The van der Waals surface area contributed by atoms with Crippen molar-refractivity contribution in [2.24, 2.45) is 0 Å². The zero-order valence-electron chi connectivity index (χ0n) is 10.4. The van der Waals surface area contributed by atoms with Crippen molar-refractivity contribution in [3.8, 4) is 6.07 Å². The summed E-state index contributed by atoms with van der Waals surface area (Å²) in [5.74, 6) is 0. The Morgan fingerprint density at radius 1 is 1.35 bits per heavy atom. The predicted molar refractivity (Wildman–Crippen MR) is 67.2 cm³/mol. The van der Waals surface area contributed by atoms with Crippen LogP contribution in [0.15, 0.2) is 24.3 Å². The lowest BCUT2D eigenvalue weighted by atomic mass is 10.1. The minimum atomic E-state index is -4.70. The molecular formula is C13H9ClF3N3. The Morgan fingerprint density at radius 2 is 2.00 bits per heavy atom. The number of aromatic nitrogens is 2. The average molecular weight is 300 g/mol. The van der Waals surface area contributed by atoms with Crippen molar-refractivity contribution >= 4 is 11.6 Å². The Balaban J connectivity index is 2.47. The van der Waals surface area contributed by atoms with Gasteiger partial charge in [0.05, 0.1) is 6.54 Å². The molecule has 0 aliphatic carbocycles. The van der Waals surface area contributed by atoms with Crippen LogP contribution in [0.1, 0.15) is 22.4 Å². The van der Waals surface area contributed by atoms with Gasteiger partial charge in [-0.25, -0.2) is 4.68 Å². The van der Waals surface area contributed by atoms with Crippen LogP contribution in [0.5, 0.6) is 0 Å². The molecule has 0 aliphatic rings. The summed E-state index contributed by atoms with van der Waals surface area (Å²) in [6.45, 7) is 1.92. The van der Waals surface area contributed by atoms with E-state index in [-0.39, 0.29) is 11.7 Å². The average Bonchev–Trinajstić information content (AvgIpc) is 2.69. The number of nitriles is 1. The molecule has 0 N–H and O–H groups in total. The van der Waals surface area contributed by atoms with Crippen LogP contribution in [0.2, 0.25) is 5.15 Å². The van der Waals surface area contributed by atoms with Crippen LogP contribution in [0.3, 0.4) is 0 Å². The van der Waals surface area contributed by atoms with Gasteiger partial charge in [0.15, 0.2) is 5.69 Å². The third kappa shape index (κ3) is 2.63. The first-order valence-corrected chi connectivity index (χ1v) is 6.00. The third-order valence-electron chi connectivity index (χ3n) is 2.85. The van der Waals surface area contributed by atoms with Crippen molar-refractivity contribution in [2.45, 2.75) is 19.6 Å². The number of hydrogen-bond donors (Lipinski definition) is 0. The first kappa shape index (κ1) is 14.4. The smallest absolute Gasteiger partial charge is 0.248 e. The fraction of sp³-hybridized carbons (Fsp3) is 0.231. The number of aryl methyl sites for hydroxylation is 1. The van der Waals surface area contributed by atoms with Crippen molar-refractivity contribution in [3.05, 3.63) is 51.8 Å². The first-order chi connectivity index (χ1) is 9.34. The molecule has 0 aliphatic heterocycles. The van der Waals surface area contributed by atoms with E-state index in [1.165, 1.54) is 6.07 Å². The van der Waals surface area contributed by atoms with Gasteiger partial charge in [0.1, 0.15) is 16.8 Å². The maximum atomic E-state index is 12.8. The molecule has 1 heterocycles. The molecule has 7 heteroatoms. The van der Waals surface area contributed by atoms with E-state index in [4.69, 9.17) is 16.9 Å². The minimum Gasteiger partial charge on any atom is -0.248 e. The van der Waals surface area contributed by atoms with Gasteiger partial charge in [-0.05, 0) is 18.1 Å². The van der Waals surface area contributed by atoms with Gasteiger partial charge >= 0.3 is 6.18 Å². The molecule has 2 rings (SSSR count). The fourth-order valence-corrected chi connectivity index (χ4v) is 2.02. The van der Waals surface area contributed by atoms with Crippen LogP contribution in [-0.2, 0) is 12.7 Å². The molecule has 0 saturated carbocycles. The van der Waals surface area contributed by atoms with Gasteiger partial charge in [-0.15, -0.1) is 0 Å². The van der Waals surface area contributed by atoms with Crippen molar-refractivity contribution in [1.82, 2.24) is 9.78 Å². The van der Waals surface area contributed by atoms with Gasteiger partial charge in [0, 0.05) is 0 Å². The molecule has 0 bridgehead atoms. The second-order valence-electron chi connectivity index (χ2n) is 4.21. The van der Waals surface area contributed by atoms with E-state index in [1.807, 2.05) is 19.1 Å². The van der Waals surface area contributed by atoms with Crippen LogP contribution in [0.25, 0.3) is 0 Å². The van der Waals surface area contributed by atoms with Crippen LogP contribution in [0.4, 0.5) is 13.2 Å². The van der Waals surface area contributed by atoms with Crippen molar-refractivity contribution < 1.29 is 13.2 Å². The number of benzene rings is 1. The Hall–Kier alpha value is -2.00. The Labute approximate surface area is 118 Å². The maximum Gasteiger partial charge on any atom is 0.436 e. The lowest BCUT2D eigenvalue weighted by Gasteiger charge is -2.06. The van der Waals surface area contributed by atoms with Gasteiger partial charge in [-0.1, -0.05) is 35.9 Å². The molecule has 0 unspecified atom stereocenters. The number of hydrogen-bond acceptors (Lipinski definition) is 2. The van der Waals surface area contributed by atoms with E-state index >= 15 is 0 Å². The summed E-state index contributed by atoms with van der Waals surface area (Å²) >= 11 is 5.82. The summed E-state index contributed by atoms with van der Waals surface area (Å²) in [6, 6.07) is 8.66. The van der Waals surface area contributed by atoms with E-state index in [0.717, 1.165) is 15.8 Å². The van der Waals surface area contributed by atoms with E-state index in [9.17, 15) is 13.2 Å². The highest BCUT2D eigenvalue weighted by Gasteiger charge is 2.39. The highest BCUT2D eigenvalue weighted by molar-refractivity contribution is 6.30. The standard InChI is InChI=1S/C13H9ClF3N3/c1-8-4-2-3-5-9(8)7-20-12(14)10(6-18)11(19-20)13(15,16)17/h2-5H,7H2,1H3. The molecule has 0 atom stereocenters. The van der Waals surface area contributed by atoms with E-state index in [0.29, 0.717) is 0 Å². The molecule has 1 aromatic heterocycles. The van der Waals surface area contributed by atoms with Crippen LogP contribution in [-0.4, -0.2) is 9.78 Å². The van der Waals surface area contributed by atoms with Gasteiger partial charge in [-0.2, -0.15) is 23.5 Å². The second kappa shape index (κ2) is 5.17. The fourth-order valence-electron chi connectivity index (χ4n) is 1.79. The molecule has 2 aromatic rings. The van der Waals surface area contributed by atoms with E-state index < -0.39 is 17.4 Å². The zero-order chi connectivity index (χ0) is 14.9. The Morgan fingerprint density at radius 3 is 2.50 bits per heavy atom. The topological polar surface area (TPSA) is 41.6 Å². The number of rotatable bonds is 2. The SMILES string of the molecule is Cc1ccccc1Cn1nc(C(F)(F)F)c(C#N)c1Cl. The molecule has 0 amide bonds. The first-order valence-electron chi connectivity index (χ1n) is 5.62. The maximum absolute atomic E-state index is 12.8. The second-order valence-corrected chi connectivity index (χ2v) is 4.57. The van der Waals surface area contributed by atoms with Gasteiger partial charge in [0.25, 0.3) is 0 Å². The van der Waals surface area contributed by atoms with Crippen LogP contribution < -0.4 is 0 Å². The molecule has 0 saturated heterocycles. The van der Waals surface area contributed by atoms with Crippen molar-refractivity contribution in [3.63, 3.8) is 0 Å². The molecule has 0 fully saturated rings. The van der Waals surface area contributed by atoms with Crippen LogP contribution >= 0.6 is 11.6 Å². The highest BCUT2D eigenvalue weighted by atomic mass is 35.5. The summed E-state index contributed by atoms with van der Waals surface area (Å²) in [5.41, 5.74) is -0.201. The monoisotopic (exact) mass is 299 g/mol. The molecule has 0 spiro atoms. The largest absolute Gasteiger partial charge is 0.436 e. The summed E-state index contributed by atoms with van der Waals surface area (Å²) in [5, 5.41) is 11.9. The molecule has 104 valence electrons. The van der Waals surface area contributed by atoms with Gasteiger partial charge < -0.3 is 0 Å². The lowest BCUT2D eigenvalue weighted by molar-refractivity contribution is -0.141. The van der Waals surface area contributed by atoms with Gasteiger partial charge in [-0.3, -0.25) is 0 Å². The van der Waals surface area contributed by atoms with Crippen LogP contribution in [0, 0.1) is 18.3 Å². The van der Waals surface area contributed by atoms with Gasteiger partial charge in [0.2, 0.25) is 0 Å². The summed E-state index contributed by atoms with van der Waals surface area (Å²) < 4.78 is 39.3. The number of alkyl halides is 3. The Bertz CT molecular complexity index is 683. The lowest BCUT2D eigenvalue weighted by Crippen LogP contribution is -2.10. The molecule has 0 radical (unpaired) electrons. The minimum absolute atomic E-state index is 0.0796. The molecule has 1 aromatic carbocycles. The summed E-state index contributed by atoms with van der Waals surface area (Å²) in [4.78, 5) is 0. The summed E-state index contributed by atoms with van der Waals surface area (Å²) in [6.07, 6.45) is -4.70. The number of nitrogens with zero attached hydrogens (tertiary/aromatic N) is 3. The molecule has 20 heavy (non-hydrogen) atoms. The highest BCUT2D eigenvalue weighted by Crippen LogP contribution is 2.34. The predicted octanol–water partition coefficient (Wildman–Crippen LogP) is 3.78. The van der Waals surface area contributed by atoms with E-state index in [1.54, 1.807) is 12.1 Å². The normalized spacial score (nSPS) is 11.4. The number of halogens is 4.